The minimum Gasteiger partial charge on any atom is -0.301 e. The molecule has 0 atom stereocenters. The van der Waals surface area contributed by atoms with E-state index in [1.54, 1.807) is 0 Å². The fourth-order valence-corrected chi connectivity index (χ4v) is 2.16. The lowest BCUT2D eigenvalue weighted by Crippen LogP contribution is -2.25. The first kappa shape index (κ1) is 12.1. The van der Waals surface area contributed by atoms with E-state index in [9.17, 15) is 22.4 Å². The zero-order chi connectivity index (χ0) is 12.6. The largest absolute Gasteiger partial charge is 0.301 e. The number of fused-ring (bicyclic) bond motifs is 1. The van der Waals surface area contributed by atoms with Gasteiger partial charge in [0.2, 0.25) is 0 Å². The van der Waals surface area contributed by atoms with Crippen LogP contribution < -0.4 is 0 Å². The summed E-state index contributed by atoms with van der Waals surface area (Å²) in [6.07, 6.45) is -2.62. The Morgan fingerprint density at radius 1 is 1.47 bits per heavy atom. The van der Waals surface area contributed by atoms with Crippen LogP contribution in [0.5, 0.6) is 0 Å². The van der Waals surface area contributed by atoms with Gasteiger partial charge < -0.3 is 4.79 Å². The van der Waals surface area contributed by atoms with Crippen LogP contribution in [-0.4, -0.2) is 16.1 Å². The fraction of sp³-hybridized carbons (Fsp3) is 0.600. The van der Waals surface area contributed by atoms with Gasteiger partial charge >= 0.3 is 0 Å². The van der Waals surface area contributed by atoms with Gasteiger partial charge in [0.25, 0.3) is 12.3 Å². The first-order chi connectivity index (χ1) is 7.97. The van der Waals surface area contributed by atoms with Gasteiger partial charge in [-0.15, -0.1) is 0 Å². The minimum absolute atomic E-state index is 0.0990. The number of rotatable bonds is 3. The van der Waals surface area contributed by atoms with Crippen molar-refractivity contribution in [1.82, 2.24) is 9.78 Å². The van der Waals surface area contributed by atoms with Crippen molar-refractivity contribution in [3.05, 3.63) is 17.0 Å². The van der Waals surface area contributed by atoms with E-state index in [1.165, 1.54) is 0 Å². The Balaban J connectivity index is 2.59. The van der Waals surface area contributed by atoms with Crippen molar-refractivity contribution < 1.29 is 22.4 Å². The summed E-state index contributed by atoms with van der Waals surface area (Å²) in [7, 11) is 0. The Hall–Kier alpha value is -1.40. The lowest BCUT2D eigenvalue weighted by molar-refractivity contribution is -0.108. The molecule has 0 radical (unpaired) electrons. The molecule has 1 aromatic heterocycles. The van der Waals surface area contributed by atoms with Crippen LogP contribution in [0, 0.1) is 0 Å². The number of carbonyl (C=O) groups is 1. The third-order valence-electron chi connectivity index (χ3n) is 2.80. The molecule has 0 fully saturated rings. The van der Waals surface area contributed by atoms with E-state index in [1.807, 2.05) is 0 Å². The molecule has 0 aliphatic heterocycles. The zero-order valence-corrected chi connectivity index (χ0v) is 8.80. The van der Waals surface area contributed by atoms with Gasteiger partial charge in [-0.2, -0.15) is 13.9 Å². The number of aldehydes is 1. The van der Waals surface area contributed by atoms with Crippen molar-refractivity contribution in [1.29, 1.82) is 0 Å². The first-order valence-corrected chi connectivity index (χ1v) is 5.17. The van der Waals surface area contributed by atoms with E-state index in [2.05, 4.69) is 5.10 Å². The summed E-state index contributed by atoms with van der Waals surface area (Å²) in [5, 5.41) is 3.43. The smallest absolute Gasteiger partial charge is 0.289 e. The first-order valence-electron chi connectivity index (χ1n) is 5.17. The van der Waals surface area contributed by atoms with E-state index < -0.39 is 36.7 Å². The van der Waals surface area contributed by atoms with Crippen molar-refractivity contribution in [2.45, 2.75) is 38.2 Å². The van der Waals surface area contributed by atoms with E-state index in [0.29, 0.717) is 11.0 Å². The van der Waals surface area contributed by atoms with Crippen molar-refractivity contribution in [3.8, 4) is 0 Å². The van der Waals surface area contributed by atoms with Gasteiger partial charge in [-0.3, -0.25) is 4.68 Å². The highest BCUT2D eigenvalue weighted by Crippen LogP contribution is 2.42. The molecule has 1 aliphatic rings. The predicted molar refractivity (Wildman–Crippen MR) is 50.1 cm³/mol. The summed E-state index contributed by atoms with van der Waals surface area (Å²) in [5.74, 6) is -3.18. The number of hydrogen-bond donors (Lipinski definition) is 0. The van der Waals surface area contributed by atoms with Gasteiger partial charge in [0, 0.05) is 12.0 Å². The molecule has 0 amide bonds. The van der Waals surface area contributed by atoms with Crippen LogP contribution in [0.15, 0.2) is 0 Å². The number of alkyl halides is 4. The van der Waals surface area contributed by atoms with Crippen molar-refractivity contribution in [2.24, 2.45) is 0 Å². The summed E-state index contributed by atoms with van der Waals surface area (Å²) in [5.41, 5.74) is -1.24. The summed E-state index contributed by atoms with van der Waals surface area (Å²) in [6, 6.07) is 0. The van der Waals surface area contributed by atoms with Crippen LogP contribution in [0.1, 0.15) is 36.2 Å². The average Bonchev–Trinajstić information content (AvgIpc) is 2.58. The van der Waals surface area contributed by atoms with Gasteiger partial charge in [0.05, 0.1) is 6.54 Å². The molecular formula is C10H10F4N2O. The maximum atomic E-state index is 13.6. The third-order valence-corrected chi connectivity index (χ3v) is 2.80. The number of halogens is 4. The Bertz CT molecular complexity index is 442. The molecule has 0 saturated carbocycles. The highest BCUT2D eigenvalue weighted by Gasteiger charge is 2.43. The van der Waals surface area contributed by atoms with Gasteiger partial charge in [0.1, 0.15) is 17.7 Å². The van der Waals surface area contributed by atoms with Crippen LogP contribution in [0.3, 0.4) is 0 Å². The normalized spacial score (nSPS) is 18.2. The van der Waals surface area contributed by atoms with Crippen LogP contribution >= 0.6 is 0 Å². The highest BCUT2D eigenvalue weighted by atomic mass is 19.3. The Morgan fingerprint density at radius 3 is 2.76 bits per heavy atom. The number of aromatic nitrogens is 2. The Kier molecular flexibility index (Phi) is 2.92. The Morgan fingerprint density at radius 2 is 2.18 bits per heavy atom. The number of carbonyl (C=O) groups excluding carboxylic acids is 1. The lowest BCUT2D eigenvalue weighted by atomic mass is 9.92. The van der Waals surface area contributed by atoms with Crippen LogP contribution in [0.4, 0.5) is 17.6 Å². The van der Waals surface area contributed by atoms with E-state index >= 15 is 0 Å². The molecule has 0 unspecified atom stereocenters. The molecule has 17 heavy (non-hydrogen) atoms. The fourth-order valence-electron chi connectivity index (χ4n) is 2.16. The second-order valence-corrected chi connectivity index (χ2v) is 3.92. The van der Waals surface area contributed by atoms with Crippen LogP contribution in [-0.2, 0) is 23.7 Å². The molecule has 2 rings (SSSR count). The molecule has 0 spiro atoms. The molecule has 0 saturated heterocycles. The molecule has 7 heteroatoms. The van der Waals surface area contributed by atoms with Crippen LogP contribution in [0.2, 0.25) is 0 Å². The number of hydrogen-bond acceptors (Lipinski definition) is 2. The maximum absolute atomic E-state index is 13.6. The molecule has 1 aromatic rings. The van der Waals surface area contributed by atoms with E-state index in [0.717, 1.165) is 0 Å². The summed E-state index contributed by atoms with van der Waals surface area (Å²) >= 11 is 0. The lowest BCUT2D eigenvalue weighted by Gasteiger charge is -2.23. The van der Waals surface area contributed by atoms with Crippen LogP contribution in [0.25, 0.3) is 0 Å². The van der Waals surface area contributed by atoms with Crippen molar-refractivity contribution in [2.75, 3.05) is 0 Å². The summed E-state index contributed by atoms with van der Waals surface area (Å²) in [6.45, 7) is -0.426. The highest BCUT2D eigenvalue weighted by molar-refractivity contribution is 5.50. The van der Waals surface area contributed by atoms with Gasteiger partial charge in [-0.25, -0.2) is 8.78 Å². The molecule has 94 valence electrons. The van der Waals surface area contributed by atoms with Gasteiger partial charge in [-0.1, -0.05) is 0 Å². The number of nitrogens with zero attached hydrogens (tertiary/aromatic N) is 2. The van der Waals surface area contributed by atoms with Gasteiger partial charge in [0.15, 0.2) is 0 Å². The summed E-state index contributed by atoms with van der Waals surface area (Å²) in [4.78, 5) is 10.4. The SMILES string of the molecule is O=CCn1nc(C(F)F)c2c1C(F)(F)CCC2. The third kappa shape index (κ3) is 1.94. The average molecular weight is 250 g/mol. The Labute approximate surface area is 94.4 Å². The second-order valence-electron chi connectivity index (χ2n) is 3.92. The topological polar surface area (TPSA) is 34.9 Å². The quantitative estimate of drug-likeness (QED) is 0.610. The molecular weight excluding hydrogens is 240 g/mol. The van der Waals surface area contributed by atoms with Crippen molar-refractivity contribution in [3.63, 3.8) is 0 Å². The molecule has 3 nitrogen and oxygen atoms in total. The molecule has 0 aromatic carbocycles. The van der Waals surface area contributed by atoms with Gasteiger partial charge in [-0.05, 0) is 12.8 Å². The second kappa shape index (κ2) is 4.12. The molecule has 0 N–H and O–H groups in total. The molecule has 0 bridgehead atoms. The zero-order valence-electron chi connectivity index (χ0n) is 8.80. The van der Waals surface area contributed by atoms with Crippen molar-refractivity contribution >= 4 is 6.29 Å². The molecule has 1 aliphatic carbocycles. The minimum atomic E-state index is -3.18. The predicted octanol–water partition coefficient (Wildman–Crippen LogP) is 2.45. The standard InChI is InChI=1S/C10H10F4N2O/c11-9(12)7-6-2-1-3-10(13,14)8(6)16(15-7)4-5-17/h5,9H,1-4H2. The van der Waals surface area contributed by atoms with E-state index in [4.69, 9.17) is 0 Å². The molecule has 1 heterocycles. The monoisotopic (exact) mass is 250 g/mol. The van der Waals surface area contributed by atoms with E-state index in [-0.39, 0.29) is 18.4 Å². The summed E-state index contributed by atoms with van der Waals surface area (Å²) < 4.78 is 53.3. The maximum Gasteiger partial charge on any atom is 0.289 e.